The summed E-state index contributed by atoms with van der Waals surface area (Å²) in [4.78, 5) is 2.60. The van der Waals surface area contributed by atoms with Gasteiger partial charge in [0.05, 0.1) is 12.3 Å². The summed E-state index contributed by atoms with van der Waals surface area (Å²) in [5.41, 5.74) is 0. The molecule has 2 atom stereocenters. The second-order valence-electron chi connectivity index (χ2n) is 4.16. The first-order chi connectivity index (χ1) is 7.45. The van der Waals surface area contributed by atoms with E-state index in [4.69, 9.17) is 4.42 Å². The third-order valence-electron chi connectivity index (χ3n) is 3.26. The first kappa shape index (κ1) is 9.75. The van der Waals surface area contributed by atoms with Gasteiger partial charge in [-0.05, 0) is 12.1 Å². The van der Waals surface area contributed by atoms with Crippen molar-refractivity contribution in [3.05, 3.63) is 24.2 Å². The Balaban J connectivity index is 1.82. The largest absolute Gasteiger partial charge is 0.468 e. The van der Waals surface area contributed by atoms with Gasteiger partial charge in [-0.2, -0.15) is 11.8 Å². The highest BCUT2D eigenvalue weighted by atomic mass is 32.2. The zero-order valence-corrected chi connectivity index (χ0v) is 9.50. The van der Waals surface area contributed by atoms with Crippen LogP contribution in [0.2, 0.25) is 0 Å². The molecule has 3 nitrogen and oxygen atoms in total. The highest BCUT2D eigenvalue weighted by Gasteiger charge is 2.34. The molecule has 82 valence electrons. The molecule has 0 aliphatic carbocycles. The molecular weight excluding hydrogens is 208 g/mol. The Kier molecular flexibility index (Phi) is 2.73. The number of piperazine rings is 1. The number of rotatable bonds is 1. The lowest BCUT2D eigenvalue weighted by Crippen LogP contribution is -2.56. The zero-order chi connectivity index (χ0) is 10.1. The highest BCUT2D eigenvalue weighted by Crippen LogP contribution is 2.29. The third kappa shape index (κ3) is 1.82. The molecule has 2 saturated heterocycles. The van der Waals surface area contributed by atoms with Gasteiger partial charge in [-0.15, -0.1) is 0 Å². The summed E-state index contributed by atoms with van der Waals surface area (Å²) in [6, 6.07) is 5.21. The van der Waals surface area contributed by atoms with Crippen LogP contribution in [0, 0.1) is 0 Å². The van der Waals surface area contributed by atoms with E-state index < -0.39 is 0 Å². The van der Waals surface area contributed by atoms with E-state index in [1.165, 1.54) is 18.1 Å². The second kappa shape index (κ2) is 4.20. The van der Waals surface area contributed by atoms with E-state index in [9.17, 15) is 0 Å². The molecule has 4 heteroatoms. The summed E-state index contributed by atoms with van der Waals surface area (Å²) >= 11 is 2.07. The number of hydrogen-bond acceptors (Lipinski definition) is 4. The smallest absolute Gasteiger partial charge is 0.122 e. The average Bonchev–Trinajstić information content (AvgIpc) is 2.82. The number of hydrogen-bond donors (Lipinski definition) is 1. The van der Waals surface area contributed by atoms with Gasteiger partial charge in [0.25, 0.3) is 0 Å². The lowest BCUT2D eigenvalue weighted by molar-refractivity contribution is 0.0981. The van der Waals surface area contributed by atoms with Crippen LogP contribution in [0.5, 0.6) is 0 Å². The minimum Gasteiger partial charge on any atom is -0.468 e. The van der Waals surface area contributed by atoms with Crippen molar-refractivity contribution in [3.63, 3.8) is 0 Å². The molecule has 0 radical (unpaired) electrons. The Bertz CT molecular complexity index is 312. The Hall–Kier alpha value is -0.450. The molecule has 0 bridgehead atoms. The van der Waals surface area contributed by atoms with Gasteiger partial charge < -0.3 is 9.73 Å². The van der Waals surface area contributed by atoms with Crippen LogP contribution in [0.4, 0.5) is 0 Å². The standard InChI is InChI=1S/C11H16N2OS/c1-2-11(14-4-1)10-7-12-6-9-8-15-5-3-13(9)10/h1-2,4,9-10,12H,3,5-8H2. The Morgan fingerprint density at radius 1 is 1.47 bits per heavy atom. The van der Waals surface area contributed by atoms with Crippen LogP contribution >= 0.6 is 11.8 Å². The third-order valence-corrected chi connectivity index (χ3v) is 4.35. The molecule has 0 spiro atoms. The van der Waals surface area contributed by atoms with Crippen molar-refractivity contribution >= 4 is 11.8 Å². The summed E-state index contributed by atoms with van der Waals surface area (Å²) in [7, 11) is 0. The summed E-state index contributed by atoms with van der Waals surface area (Å²) in [6.07, 6.45) is 1.78. The molecule has 2 aliphatic rings. The topological polar surface area (TPSA) is 28.4 Å². The summed E-state index contributed by atoms with van der Waals surface area (Å²) < 4.78 is 5.53. The van der Waals surface area contributed by atoms with Gasteiger partial charge in [0.2, 0.25) is 0 Å². The van der Waals surface area contributed by atoms with Crippen LogP contribution in [0.1, 0.15) is 11.8 Å². The van der Waals surface area contributed by atoms with Gasteiger partial charge in [0.1, 0.15) is 5.76 Å². The van der Waals surface area contributed by atoms with E-state index >= 15 is 0 Å². The van der Waals surface area contributed by atoms with E-state index in [2.05, 4.69) is 28.0 Å². The SMILES string of the molecule is c1coc(C2CNCC3CSCCN32)c1. The van der Waals surface area contributed by atoms with Crippen molar-refractivity contribution in [2.24, 2.45) is 0 Å². The van der Waals surface area contributed by atoms with Gasteiger partial charge >= 0.3 is 0 Å². The minimum atomic E-state index is 0.444. The maximum atomic E-state index is 5.53. The van der Waals surface area contributed by atoms with Crippen molar-refractivity contribution in [3.8, 4) is 0 Å². The lowest BCUT2D eigenvalue weighted by Gasteiger charge is -2.44. The summed E-state index contributed by atoms with van der Waals surface area (Å²) in [6.45, 7) is 3.35. The number of fused-ring (bicyclic) bond motifs is 1. The van der Waals surface area contributed by atoms with Gasteiger partial charge in [-0.3, -0.25) is 4.90 Å². The molecule has 1 aromatic heterocycles. The van der Waals surface area contributed by atoms with E-state index in [-0.39, 0.29) is 0 Å². The van der Waals surface area contributed by atoms with Gasteiger partial charge in [-0.1, -0.05) is 0 Å². The maximum Gasteiger partial charge on any atom is 0.122 e. The highest BCUT2D eigenvalue weighted by molar-refractivity contribution is 7.99. The first-order valence-electron chi connectivity index (χ1n) is 5.53. The Morgan fingerprint density at radius 2 is 2.47 bits per heavy atom. The molecular formula is C11H16N2OS. The monoisotopic (exact) mass is 224 g/mol. The fraction of sp³-hybridized carbons (Fsp3) is 0.636. The summed E-state index contributed by atoms with van der Waals surface area (Å²) in [5.74, 6) is 3.62. The molecule has 0 amide bonds. The quantitative estimate of drug-likeness (QED) is 0.779. The molecule has 2 unspecified atom stereocenters. The van der Waals surface area contributed by atoms with Gasteiger partial charge in [-0.25, -0.2) is 0 Å². The van der Waals surface area contributed by atoms with E-state index in [1.54, 1.807) is 6.26 Å². The molecule has 1 N–H and O–H groups in total. The molecule has 3 rings (SSSR count). The fourth-order valence-electron chi connectivity index (χ4n) is 2.50. The molecule has 2 aliphatic heterocycles. The van der Waals surface area contributed by atoms with Gasteiger partial charge in [0.15, 0.2) is 0 Å². The Labute approximate surface area is 94.2 Å². The lowest BCUT2D eigenvalue weighted by atomic mass is 10.1. The maximum absolute atomic E-state index is 5.53. The fourth-order valence-corrected chi connectivity index (χ4v) is 3.59. The average molecular weight is 224 g/mol. The van der Waals surface area contributed by atoms with Crippen LogP contribution in [-0.4, -0.2) is 42.1 Å². The van der Waals surface area contributed by atoms with Crippen LogP contribution < -0.4 is 5.32 Å². The van der Waals surface area contributed by atoms with E-state index in [0.29, 0.717) is 12.1 Å². The minimum absolute atomic E-state index is 0.444. The van der Waals surface area contributed by atoms with Crippen molar-refractivity contribution < 1.29 is 4.42 Å². The number of nitrogens with one attached hydrogen (secondary N) is 1. The van der Waals surface area contributed by atoms with E-state index in [0.717, 1.165) is 18.8 Å². The molecule has 15 heavy (non-hydrogen) atoms. The molecule has 3 heterocycles. The normalized spacial score (nSPS) is 32.5. The number of furan rings is 1. The van der Waals surface area contributed by atoms with Crippen LogP contribution in [-0.2, 0) is 0 Å². The van der Waals surface area contributed by atoms with Crippen LogP contribution in [0.15, 0.2) is 22.8 Å². The number of nitrogens with zero attached hydrogens (tertiary/aromatic N) is 1. The Morgan fingerprint density at radius 3 is 3.33 bits per heavy atom. The zero-order valence-electron chi connectivity index (χ0n) is 8.69. The van der Waals surface area contributed by atoms with Gasteiger partial charge in [0, 0.05) is 37.2 Å². The van der Waals surface area contributed by atoms with Crippen LogP contribution in [0.25, 0.3) is 0 Å². The van der Waals surface area contributed by atoms with E-state index in [1.807, 2.05) is 6.07 Å². The molecule has 2 fully saturated rings. The molecule has 1 aromatic rings. The predicted octanol–water partition coefficient (Wildman–Crippen LogP) is 1.34. The predicted molar refractivity (Wildman–Crippen MR) is 62.1 cm³/mol. The molecule has 0 saturated carbocycles. The van der Waals surface area contributed by atoms with Crippen molar-refractivity contribution in [1.82, 2.24) is 10.2 Å². The van der Waals surface area contributed by atoms with Crippen LogP contribution in [0.3, 0.4) is 0 Å². The van der Waals surface area contributed by atoms with Crippen molar-refractivity contribution in [1.29, 1.82) is 0 Å². The number of thioether (sulfide) groups is 1. The van der Waals surface area contributed by atoms with Crippen molar-refractivity contribution in [2.45, 2.75) is 12.1 Å². The molecule has 0 aromatic carbocycles. The van der Waals surface area contributed by atoms with Crippen molar-refractivity contribution in [2.75, 3.05) is 31.1 Å². The second-order valence-corrected chi connectivity index (χ2v) is 5.31. The summed E-state index contributed by atoms with van der Waals surface area (Å²) in [5, 5.41) is 3.51. The first-order valence-corrected chi connectivity index (χ1v) is 6.68.